The first-order valence-corrected chi connectivity index (χ1v) is 11.8. The van der Waals surface area contributed by atoms with Crippen LogP contribution in [0.1, 0.15) is 25.8 Å². The summed E-state index contributed by atoms with van der Waals surface area (Å²) in [5.41, 5.74) is 1.59. The number of ether oxygens (including phenoxy) is 1. The van der Waals surface area contributed by atoms with E-state index in [1.54, 1.807) is 6.07 Å². The Morgan fingerprint density at radius 1 is 1.03 bits per heavy atom. The molecule has 7 nitrogen and oxygen atoms in total. The van der Waals surface area contributed by atoms with Crippen molar-refractivity contribution in [3.63, 3.8) is 0 Å². The largest absolute Gasteiger partial charge is 0.379 e. The van der Waals surface area contributed by atoms with Crippen molar-refractivity contribution >= 4 is 35.6 Å². The molecule has 9 heteroatoms. The Balaban J connectivity index is 0.00000363. The zero-order valence-corrected chi connectivity index (χ0v) is 21.9. The topological polar surface area (TPSA) is 55.4 Å². The van der Waals surface area contributed by atoms with E-state index in [1.807, 2.05) is 12.1 Å². The van der Waals surface area contributed by atoms with Gasteiger partial charge < -0.3 is 25.2 Å². The van der Waals surface area contributed by atoms with Crippen molar-refractivity contribution in [2.24, 2.45) is 4.99 Å². The number of halogens is 2. The third kappa shape index (κ3) is 8.64. The number of nitrogens with zero attached hydrogens (tertiary/aromatic N) is 4. The fourth-order valence-electron chi connectivity index (χ4n) is 4.06. The lowest BCUT2D eigenvalue weighted by Crippen LogP contribution is -2.46. The molecule has 2 aliphatic heterocycles. The quantitative estimate of drug-likeness (QED) is 0.209. The van der Waals surface area contributed by atoms with Gasteiger partial charge in [0, 0.05) is 52.4 Å². The molecular weight excluding hydrogens is 522 g/mol. The molecule has 1 aromatic rings. The van der Waals surface area contributed by atoms with Gasteiger partial charge in [0.15, 0.2) is 5.96 Å². The highest BCUT2D eigenvalue weighted by molar-refractivity contribution is 14.0. The normalized spacial score (nSPS) is 18.3. The van der Waals surface area contributed by atoms with E-state index in [1.165, 1.54) is 0 Å². The number of likely N-dealkylation sites (N-methyl/N-ethyl adjacent to an activating group) is 1. The minimum absolute atomic E-state index is 0. The monoisotopic (exact) mass is 562 g/mol. The third-order valence-electron chi connectivity index (χ3n) is 5.98. The van der Waals surface area contributed by atoms with Crippen LogP contribution in [0.4, 0.5) is 10.1 Å². The third-order valence-corrected chi connectivity index (χ3v) is 5.98. The molecule has 0 radical (unpaired) electrons. The fourth-order valence-corrected chi connectivity index (χ4v) is 4.06. The van der Waals surface area contributed by atoms with E-state index < -0.39 is 0 Å². The SMILES string of the molecule is CCNC(=NCc1ccc(N2CCN(CC)CC2)c(F)c1)NCCCN1CCOCC1.I. The molecule has 3 rings (SSSR count). The van der Waals surface area contributed by atoms with Gasteiger partial charge in [0.25, 0.3) is 0 Å². The van der Waals surface area contributed by atoms with Crippen molar-refractivity contribution < 1.29 is 9.13 Å². The molecule has 0 unspecified atom stereocenters. The lowest BCUT2D eigenvalue weighted by Gasteiger charge is -2.35. The maximum absolute atomic E-state index is 14.8. The first-order valence-electron chi connectivity index (χ1n) is 11.8. The summed E-state index contributed by atoms with van der Waals surface area (Å²) in [7, 11) is 0. The highest BCUT2D eigenvalue weighted by Crippen LogP contribution is 2.22. The number of guanidine groups is 1. The summed E-state index contributed by atoms with van der Waals surface area (Å²) >= 11 is 0. The summed E-state index contributed by atoms with van der Waals surface area (Å²) in [6, 6.07) is 5.54. The van der Waals surface area contributed by atoms with Gasteiger partial charge in [0.05, 0.1) is 25.4 Å². The summed E-state index contributed by atoms with van der Waals surface area (Å²) < 4.78 is 20.2. The van der Waals surface area contributed by atoms with Gasteiger partial charge in [-0.05, 0) is 44.1 Å². The Bertz CT molecular complexity index is 693. The Labute approximate surface area is 209 Å². The van der Waals surface area contributed by atoms with E-state index in [0.29, 0.717) is 12.2 Å². The number of aliphatic imine (C=N–C) groups is 1. The smallest absolute Gasteiger partial charge is 0.191 e. The molecule has 0 bridgehead atoms. The van der Waals surface area contributed by atoms with Crippen LogP contribution >= 0.6 is 24.0 Å². The van der Waals surface area contributed by atoms with Gasteiger partial charge in [-0.3, -0.25) is 4.90 Å². The average molecular weight is 563 g/mol. The molecule has 0 spiro atoms. The predicted molar refractivity (Wildman–Crippen MR) is 141 cm³/mol. The highest BCUT2D eigenvalue weighted by atomic mass is 127. The van der Waals surface area contributed by atoms with Crippen LogP contribution in [-0.4, -0.2) is 94.4 Å². The molecule has 0 saturated carbocycles. The van der Waals surface area contributed by atoms with Crippen molar-refractivity contribution in [2.45, 2.75) is 26.8 Å². The number of rotatable bonds is 9. The summed E-state index contributed by atoms with van der Waals surface area (Å²) in [5, 5.41) is 6.67. The van der Waals surface area contributed by atoms with E-state index in [-0.39, 0.29) is 29.8 Å². The summed E-state index contributed by atoms with van der Waals surface area (Å²) in [5.74, 6) is 0.630. The summed E-state index contributed by atoms with van der Waals surface area (Å²) in [6.45, 7) is 15.9. The Kier molecular flexibility index (Phi) is 12.6. The molecule has 2 saturated heterocycles. The Morgan fingerprint density at radius 3 is 2.44 bits per heavy atom. The van der Waals surface area contributed by atoms with Crippen molar-refractivity contribution in [3.05, 3.63) is 29.6 Å². The van der Waals surface area contributed by atoms with Gasteiger partial charge >= 0.3 is 0 Å². The van der Waals surface area contributed by atoms with Crippen molar-refractivity contribution in [2.75, 3.05) is 83.6 Å². The molecule has 182 valence electrons. The minimum Gasteiger partial charge on any atom is -0.379 e. The molecule has 2 heterocycles. The van der Waals surface area contributed by atoms with Crippen LogP contribution in [0.25, 0.3) is 0 Å². The summed E-state index contributed by atoms with van der Waals surface area (Å²) in [6.07, 6.45) is 1.05. The fraction of sp³-hybridized carbons (Fsp3) is 0.696. The van der Waals surface area contributed by atoms with Crippen LogP contribution in [0.3, 0.4) is 0 Å². The number of anilines is 1. The molecular formula is C23H40FIN6O. The van der Waals surface area contributed by atoms with Crippen molar-refractivity contribution in [1.82, 2.24) is 20.4 Å². The second-order valence-electron chi connectivity index (χ2n) is 8.14. The number of morpholine rings is 1. The molecule has 2 fully saturated rings. The minimum atomic E-state index is -0.152. The predicted octanol–water partition coefficient (Wildman–Crippen LogP) is 2.36. The molecule has 0 amide bonds. The van der Waals surface area contributed by atoms with Gasteiger partial charge in [-0.15, -0.1) is 24.0 Å². The molecule has 2 aliphatic rings. The standard InChI is InChI=1S/C23H39FN6O.HI/c1-3-25-23(26-8-5-9-29-14-16-31-17-15-29)27-19-20-6-7-22(21(24)18-20)30-12-10-28(4-2)11-13-30;/h6-7,18H,3-5,8-17,19H2,1-2H3,(H2,25,26,27);1H. The molecule has 32 heavy (non-hydrogen) atoms. The van der Waals surface area contributed by atoms with Gasteiger partial charge in [-0.25, -0.2) is 9.38 Å². The van der Waals surface area contributed by atoms with E-state index in [9.17, 15) is 4.39 Å². The number of benzene rings is 1. The first-order chi connectivity index (χ1) is 15.2. The molecule has 0 aromatic heterocycles. The van der Waals surface area contributed by atoms with Crippen molar-refractivity contribution in [3.8, 4) is 0 Å². The van der Waals surface area contributed by atoms with Crippen LogP contribution in [0.2, 0.25) is 0 Å². The maximum Gasteiger partial charge on any atom is 0.191 e. The van der Waals surface area contributed by atoms with Gasteiger partial charge in [-0.1, -0.05) is 13.0 Å². The van der Waals surface area contributed by atoms with Crippen LogP contribution in [0.5, 0.6) is 0 Å². The van der Waals surface area contributed by atoms with E-state index in [2.05, 4.69) is 44.2 Å². The molecule has 0 aliphatic carbocycles. The highest BCUT2D eigenvalue weighted by Gasteiger charge is 2.18. The second-order valence-corrected chi connectivity index (χ2v) is 8.14. The van der Waals surface area contributed by atoms with Gasteiger partial charge in [-0.2, -0.15) is 0 Å². The van der Waals surface area contributed by atoms with Gasteiger partial charge in [0.1, 0.15) is 5.82 Å². The lowest BCUT2D eigenvalue weighted by atomic mass is 10.1. The van der Waals surface area contributed by atoms with E-state index in [4.69, 9.17) is 4.74 Å². The number of piperazine rings is 1. The first kappa shape index (κ1) is 27.1. The van der Waals surface area contributed by atoms with Crippen LogP contribution in [0, 0.1) is 5.82 Å². The average Bonchev–Trinajstić information content (AvgIpc) is 2.81. The number of hydrogen-bond acceptors (Lipinski definition) is 5. The van der Waals surface area contributed by atoms with E-state index in [0.717, 1.165) is 96.6 Å². The van der Waals surface area contributed by atoms with Crippen LogP contribution in [-0.2, 0) is 11.3 Å². The van der Waals surface area contributed by atoms with Crippen molar-refractivity contribution in [1.29, 1.82) is 0 Å². The zero-order chi connectivity index (χ0) is 21.9. The molecule has 2 N–H and O–H groups in total. The van der Waals surface area contributed by atoms with E-state index >= 15 is 0 Å². The van der Waals surface area contributed by atoms with Crippen LogP contribution in [0.15, 0.2) is 23.2 Å². The zero-order valence-electron chi connectivity index (χ0n) is 19.6. The molecule has 0 atom stereocenters. The lowest BCUT2D eigenvalue weighted by molar-refractivity contribution is 0.0376. The maximum atomic E-state index is 14.8. The Hall–Kier alpha value is -1.17. The number of nitrogens with one attached hydrogen (secondary N) is 2. The van der Waals surface area contributed by atoms with Gasteiger partial charge in [0.2, 0.25) is 0 Å². The number of hydrogen-bond donors (Lipinski definition) is 2. The second kappa shape index (κ2) is 14.9. The molecule has 1 aromatic carbocycles. The Morgan fingerprint density at radius 2 is 1.78 bits per heavy atom. The summed E-state index contributed by atoms with van der Waals surface area (Å²) in [4.78, 5) is 11.6. The van der Waals surface area contributed by atoms with Crippen LogP contribution < -0.4 is 15.5 Å².